The van der Waals surface area contributed by atoms with Gasteiger partial charge < -0.3 is 5.32 Å². The van der Waals surface area contributed by atoms with Crippen LogP contribution in [-0.4, -0.2) is 13.1 Å². The van der Waals surface area contributed by atoms with Crippen molar-refractivity contribution in [1.29, 1.82) is 0 Å². The first-order valence-electron chi connectivity index (χ1n) is 4.07. The number of hydrogen-bond acceptors (Lipinski definition) is 1. The molecule has 3 atom stereocenters. The second kappa shape index (κ2) is 3.10. The Morgan fingerprint density at radius 2 is 2.00 bits per heavy atom. The van der Waals surface area contributed by atoms with Crippen LogP contribution in [-0.2, 0) is 0 Å². The van der Waals surface area contributed by atoms with Crippen LogP contribution in [0.5, 0.6) is 0 Å². The first-order chi connectivity index (χ1) is 4.40. The number of rotatable bonds is 1. The lowest BCUT2D eigenvalue weighted by molar-refractivity contribution is 0.372. The first-order valence-corrected chi connectivity index (χ1v) is 4.07. The van der Waals surface area contributed by atoms with Crippen LogP contribution >= 0.6 is 12.4 Å². The molecule has 3 unspecified atom stereocenters. The van der Waals surface area contributed by atoms with Gasteiger partial charge in [-0.15, -0.1) is 12.4 Å². The van der Waals surface area contributed by atoms with E-state index in [0.29, 0.717) is 0 Å². The maximum atomic E-state index is 3.40. The maximum Gasteiger partial charge on any atom is 0.00950 e. The Bertz CT molecular complexity index is 116. The van der Waals surface area contributed by atoms with E-state index < -0.39 is 0 Å². The van der Waals surface area contributed by atoms with Crippen LogP contribution < -0.4 is 5.32 Å². The summed E-state index contributed by atoms with van der Waals surface area (Å²) in [5, 5.41) is 3.40. The van der Waals surface area contributed by atoms with Crippen molar-refractivity contribution in [3.8, 4) is 0 Å². The highest BCUT2D eigenvalue weighted by molar-refractivity contribution is 5.85. The molecule has 0 aromatic heterocycles. The van der Waals surface area contributed by atoms with Gasteiger partial charge in [0.2, 0.25) is 0 Å². The summed E-state index contributed by atoms with van der Waals surface area (Å²) in [4.78, 5) is 0. The van der Waals surface area contributed by atoms with Crippen molar-refractivity contribution in [2.24, 2.45) is 11.8 Å². The van der Waals surface area contributed by atoms with Gasteiger partial charge in [-0.2, -0.15) is 0 Å². The molecular weight excluding hydrogens is 146 g/mol. The Hall–Kier alpha value is 0.250. The molecule has 2 fully saturated rings. The van der Waals surface area contributed by atoms with E-state index in [1.807, 2.05) is 0 Å². The Kier molecular flexibility index (Phi) is 2.59. The summed E-state index contributed by atoms with van der Waals surface area (Å²) in [6, 6.07) is 0.878. The molecule has 0 aliphatic heterocycles. The normalized spacial score (nSPS) is 43.5. The molecule has 0 aromatic rings. The predicted molar refractivity (Wildman–Crippen MR) is 45.5 cm³/mol. The molecule has 2 aliphatic rings. The van der Waals surface area contributed by atoms with Crippen LogP contribution in [0.1, 0.15) is 25.7 Å². The molecule has 1 nitrogen and oxygen atoms in total. The monoisotopic (exact) mass is 161 g/mol. The second-order valence-corrected chi connectivity index (χ2v) is 3.57. The third-order valence-corrected chi connectivity index (χ3v) is 3.11. The zero-order valence-electron chi connectivity index (χ0n) is 6.47. The van der Waals surface area contributed by atoms with Crippen LogP contribution in [0.4, 0.5) is 0 Å². The van der Waals surface area contributed by atoms with Crippen molar-refractivity contribution in [2.75, 3.05) is 7.05 Å². The van der Waals surface area contributed by atoms with Gasteiger partial charge in [0.15, 0.2) is 0 Å². The van der Waals surface area contributed by atoms with Crippen LogP contribution in [0.25, 0.3) is 0 Å². The Labute approximate surface area is 69.0 Å². The molecule has 0 amide bonds. The molecule has 1 N–H and O–H groups in total. The van der Waals surface area contributed by atoms with Crippen molar-refractivity contribution >= 4 is 12.4 Å². The molecule has 0 heterocycles. The lowest BCUT2D eigenvalue weighted by Crippen LogP contribution is -2.30. The van der Waals surface area contributed by atoms with Crippen molar-refractivity contribution < 1.29 is 0 Å². The minimum Gasteiger partial charge on any atom is -0.317 e. The molecule has 0 spiro atoms. The fourth-order valence-electron chi connectivity index (χ4n) is 2.60. The fraction of sp³-hybridized carbons (Fsp3) is 1.00. The minimum atomic E-state index is 0. The predicted octanol–water partition coefficient (Wildman–Crippen LogP) is 1.82. The van der Waals surface area contributed by atoms with Crippen molar-refractivity contribution in [3.63, 3.8) is 0 Å². The van der Waals surface area contributed by atoms with Gasteiger partial charge in [-0.1, -0.05) is 6.42 Å². The molecule has 0 saturated heterocycles. The van der Waals surface area contributed by atoms with Crippen LogP contribution in [0.2, 0.25) is 0 Å². The van der Waals surface area contributed by atoms with E-state index in [0.717, 1.165) is 17.9 Å². The van der Waals surface area contributed by atoms with E-state index in [4.69, 9.17) is 0 Å². The fourth-order valence-corrected chi connectivity index (χ4v) is 2.60. The van der Waals surface area contributed by atoms with Gasteiger partial charge in [-0.25, -0.2) is 0 Å². The third kappa shape index (κ3) is 1.17. The number of halogens is 1. The lowest BCUT2D eigenvalue weighted by Gasteiger charge is -2.20. The number of nitrogens with one attached hydrogen (secondary N) is 1. The summed E-state index contributed by atoms with van der Waals surface area (Å²) in [6.07, 6.45) is 5.99. The second-order valence-electron chi connectivity index (χ2n) is 3.57. The van der Waals surface area contributed by atoms with Gasteiger partial charge in [-0.3, -0.25) is 0 Å². The van der Waals surface area contributed by atoms with Crippen LogP contribution in [0.3, 0.4) is 0 Å². The Morgan fingerprint density at radius 3 is 2.30 bits per heavy atom. The van der Waals surface area contributed by atoms with E-state index in [-0.39, 0.29) is 12.4 Å². The van der Waals surface area contributed by atoms with Gasteiger partial charge >= 0.3 is 0 Å². The molecular formula is C8H16ClN. The maximum absolute atomic E-state index is 3.40. The van der Waals surface area contributed by atoms with Crippen LogP contribution in [0.15, 0.2) is 0 Å². The standard InChI is InChI=1S/C8H15N.ClH/c1-9-8-5-6-2-3-7(8)4-6;/h6-9H,2-5H2,1H3;1H. The smallest absolute Gasteiger partial charge is 0.00950 e. The molecule has 2 heteroatoms. The van der Waals surface area contributed by atoms with E-state index in [1.54, 1.807) is 0 Å². The minimum absolute atomic E-state index is 0. The van der Waals surface area contributed by atoms with E-state index in [9.17, 15) is 0 Å². The van der Waals surface area contributed by atoms with Crippen molar-refractivity contribution in [2.45, 2.75) is 31.7 Å². The third-order valence-electron chi connectivity index (χ3n) is 3.11. The van der Waals surface area contributed by atoms with Crippen molar-refractivity contribution in [3.05, 3.63) is 0 Å². The zero-order valence-corrected chi connectivity index (χ0v) is 7.29. The highest BCUT2D eigenvalue weighted by Crippen LogP contribution is 2.44. The molecule has 60 valence electrons. The molecule has 2 saturated carbocycles. The van der Waals surface area contributed by atoms with E-state index >= 15 is 0 Å². The Balaban J connectivity index is 0.000000500. The topological polar surface area (TPSA) is 12.0 Å². The van der Waals surface area contributed by atoms with Gasteiger partial charge in [0.05, 0.1) is 0 Å². The highest BCUT2D eigenvalue weighted by Gasteiger charge is 2.38. The quantitative estimate of drug-likeness (QED) is 0.619. The molecule has 2 rings (SSSR count). The highest BCUT2D eigenvalue weighted by atomic mass is 35.5. The van der Waals surface area contributed by atoms with Crippen LogP contribution in [0, 0.1) is 11.8 Å². The zero-order chi connectivity index (χ0) is 6.27. The molecule has 2 bridgehead atoms. The summed E-state index contributed by atoms with van der Waals surface area (Å²) in [5.74, 6) is 2.13. The molecule has 0 aromatic carbocycles. The molecule has 0 radical (unpaired) electrons. The molecule has 10 heavy (non-hydrogen) atoms. The average molecular weight is 162 g/mol. The summed E-state index contributed by atoms with van der Waals surface area (Å²) >= 11 is 0. The average Bonchev–Trinajstić information content (AvgIpc) is 2.45. The van der Waals surface area contributed by atoms with Gasteiger partial charge in [0.1, 0.15) is 0 Å². The van der Waals surface area contributed by atoms with Gasteiger partial charge in [0, 0.05) is 6.04 Å². The van der Waals surface area contributed by atoms with E-state index in [1.165, 1.54) is 25.7 Å². The lowest BCUT2D eigenvalue weighted by atomic mass is 9.96. The Morgan fingerprint density at radius 1 is 1.20 bits per heavy atom. The van der Waals surface area contributed by atoms with Gasteiger partial charge in [0.25, 0.3) is 0 Å². The summed E-state index contributed by atoms with van der Waals surface area (Å²) in [7, 11) is 2.10. The van der Waals surface area contributed by atoms with Crippen molar-refractivity contribution in [1.82, 2.24) is 5.32 Å². The number of hydrogen-bond donors (Lipinski definition) is 1. The summed E-state index contributed by atoms with van der Waals surface area (Å²) in [6.45, 7) is 0. The summed E-state index contributed by atoms with van der Waals surface area (Å²) < 4.78 is 0. The SMILES string of the molecule is CNC1CC2CCC1C2.Cl. The van der Waals surface area contributed by atoms with Gasteiger partial charge in [-0.05, 0) is 38.1 Å². The van der Waals surface area contributed by atoms with E-state index in [2.05, 4.69) is 12.4 Å². The first kappa shape index (κ1) is 8.35. The summed E-state index contributed by atoms with van der Waals surface area (Å²) in [5.41, 5.74) is 0. The number of fused-ring (bicyclic) bond motifs is 2. The largest absolute Gasteiger partial charge is 0.317 e. The molecule has 2 aliphatic carbocycles.